The monoisotopic (exact) mass is 626 g/mol. The van der Waals surface area contributed by atoms with Crippen molar-refractivity contribution >= 4 is 52.1 Å². The molecule has 0 bridgehead atoms. The summed E-state index contributed by atoms with van der Waals surface area (Å²) in [5.74, 6) is 0.189. The first-order valence-corrected chi connectivity index (χ1v) is 15.5. The lowest BCUT2D eigenvalue weighted by molar-refractivity contribution is -0.849. The van der Waals surface area contributed by atoms with E-state index in [1.807, 2.05) is 19.1 Å². The molecule has 0 saturated heterocycles. The van der Waals surface area contributed by atoms with Crippen molar-refractivity contribution in [3.63, 3.8) is 0 Å². The average molecular weight is 628 g/mol. The Kier molecular flexibility index (Phi) is 13.4. The molecule has 0 heterocycles. The third-order valence-corrected chi connectivity index (χ3v) is 7.41. The second-order valence-corrected chi connectivity index (χ2v) is 14.6. The summed E-state index contributed by atoms with van der Waals surface area (Å²) in [4.78, 5) is 0. The summed E-state index contributed by atoms with van der Waals surface area (Å²) in [6.45, 7) is 5.77. The first-order valence-electron chi connectivity index (χ1n) is 14.8. The molecule has 0 unspecified atom stereocenters. The predicted octanol–water partition coefficient (Wildman–Crippen LogP) is 6.58. The zero-order chi connectivity index (χ0) is 32.7. The van der Waals surface area contributed by atoms with Crippen LogP contribution in [0, 0.1) is 13.8 Å². The van der Waals surface area contributed by atoms with Crippen molar-refractivity contribution in [2.75, 3.05) is 56.4 Å². The van der Waals surface area contributed by atoms with Crippen LogP contribution in [0.3, 0.4) is 0 Å². The van der Waals surface area contributed by atoms with Gasteiger partial charge in [-0.25, -0.2) is 0 Å². The molecule has 0 spiro atoms. The van der Waals surface area contributed by atoms with Gasteiger partial charge >= 0.3 is 0 Å². The highest BCUT2D eigenvalue weighted by Gasteiger charge is 2.20. The van der Waals surface area contributed by atoms with E-state index in [1.165, 1.54) is 16.3 Å². The minimum Gasteiger partial charge on any atom is -0.860 e. The number of fused-ring (bicyclic) bond motifs is 3. The minimum atomic E-state index is -2.47. The van der Waals surface area contributed by atoms with Gasteiger partial charge in [0.1, 0.15) is 13.1 Å². The normalized spacial score (nSPS) is 11.5. The topological polar surface area (TPSA) is 55.3 Å². The maximum atomic E-state index is 11.4. The first-order chi connectivity index (χ1) is 19.8. The Morgan fingerprint density at radius 3 is 1.74 bits per heavy atom. The van der Waals surface area contributed by atoms with Gasteiger partial charge in [-0.2, -0.15) is 0 Å². The fourth-order valence-electron chi connectivity index (χ4n) is 4.63. The molecule has 0 aliphatic carbocycles. The van der Waals surface area contributed by atoms with Crippen molar-refractivity contribution in [1.82, 2.24) is 0 Å². The molecule has 234 valence electrons. The number of hydrogen-bond donors (Lipinski definition) is 0. The molecule has 0 amide bonds. The Hall–Kier alpha value is -2.32. The van der Waals surface area contributed by atoms with Crippen molar-refractivity contribution in [3.05, 3.63) is 86.4 Å². The van der Waals surface area contributed by atoms with Crippen molar-refractivity contribution in [3.8, 4) is 5.75 Å². The molecule has 0 radical (unpaired) electrons. The second-order valence-electron chi connectivity index (χ2n) is 13.8. The van der Waals surface area contributed by atoms with Gasteiger partial charge in [0, 0.05) is 17.5 Å². The van der Waals surface area contributed by atoms with Gasteiger partial charge in [-0.15, -0.1) is 0 Å². The molecule has 0 aromatic heterocycles. The van der Waals surface area contributed by atoms with Crippen LogP contribution in [0.1, 0.15) is 47.6 Å². The number of quaternary nitrogens is 2. The molecule has 0 fully saturated rings. The lowest BCUT2D eigenvalue weighted by atomic mass is 9.89. The lowest BCUT2D eigenvalue weighted by Gasteiger charge is -2.31. The van der Waals surface area contributed by atoms with E-state index in [0.29, 0.717) is 33.2 Å². The van der Waals surface area contributed by atoms with Gasteiger partial charge in [0.05, 0.1) is 66.4 Å². The summed E-state index contributed by atoms with van der Waals surface area (Å²) < 4.78 is 7.16. The standard InChI is InChI=1S/C27H25BCl2O3.2C4H12N/c1-4-5-9-18-10-8-13-22-21-12-7-6-11-20(21)19(14-23(18)22)15-24-26(30)16(2)25(29)17(3)27(24)33-28(31)32;2*1-5(2,3)4/h6-8,10-14H,4-5,9,15H2,1-3H3;2*1-4H3/q-2;2*+1. The minimum absolute atomic E-state index is 0.189. The first kappa shape index (κ1) is 36.9. The fourth-order valence-corrected chi connectivity index (χ4v) is 5.11. The van der Waals surface area contributed by atoms with E-state index in [1.54, 1.807) is 6.92 Å². The van der Waals surface area contributed by atoms with Crippen LogP contribution in [0.2, 0.25) is 10.0 Å². The van der Waals surface area contributed by atoms with E-state index in [0.717, 1.165) is 44.6 Å². The van der Waals surface area contributed by atoms with Crippen molar-refractivity contribution < 1.29 is 23.7 Å². The molecular formula is C35H49BCl2N2O3. The Morgan fingerprint density at radius 2 is 1.21 bits per heavy atom. The Labute approximate surface area is 270 Å². The highest BCUT2D eigenvalue weighted by atomic mass is 35.5. The third-order valence-electron chi connectivity index (χ3n) is 6.33. The van der Waals surface area contributed by atoms with Crippen molar-refractivity contribution in [2.24, 2.45) is 0 Å². The number of benzene rings is 4. The highest BCUT2D eigenvalue weighted by molar-refractivity contribution is 6.37. The van der Waals surface area contributed by atoms with Crippen LogP contribution in [-0.2, 0) is 12.8 Å². The van der Waals surface area contributed by atoms with Gasteiger partial charge < -0.3 is 23.7 Å². The summed E-state index contributed by atoms with van der Waals surface area (Å²) in [5, 5.41) is 28.4. The molecule has 43 heavy (non-hydrogen) atoms. The highest BCUT2D eigenvalue weighted by Crippen LogP contribution is 2.42. The van der Waals surface area contributed by atoms with Crippen LogP contribution < -0.4 is 14.7 Å². The molecule has 4 aromatic carbocycles. The molecule has 0 aliphatic heterocycles. The number of nitrogens with zero attached hydrogens (tertiary/aromatic N) is 2. The zero-order valence-corrected chi connectivity index (χ0v) is 29.4. The molecule has 4 aromatic rings. The van der Waals surface area contributed by atoms with Gasteiger partial charge in [0.2, 0.25) is 0 Å². The molecule has 5 nitrogen and oxygen atoms in total. The fraction of sp³-hybridized carbons (Fsp3) is 0.429. The van der Waals surface area contributed by atoms with Gasteiger partial charge in [-0.3, -0.25) is 0 Å². The van der Waals surface area contributed by atoms with Gasteiger partial charge in [0.15, 0.2) is 0 Å². The van der Waals surface area contributed by atoms with E-state index in [-0.39, 0.29) is 5.75 Å². The Balaban J connectivity index is 0.000000559. The largest absolute Gasteiger partial charge is 0.860 e. The van der Waals surface area contributed by atoms with Crippen LogP contribution in [0.5, 0.6) is 5.75 Å². The number of aryl methyl sites for hydroxylation is 1. The molecule has 0 atom stereocenters. The SMILES string of the molecule is CCCCc1cccc2c1cc(Cc1c(Cl)c(C)c(Cl)c(C)c1OB([O-])[O-])c1ccccc12.C[N+](C)(C)C.C[N+](C)(C)C. The second kappa shape index (κ2) is 15.6. The number of unbranched alkanes of at least 4 members (excludes halogenated alkanes) is 1. The van der Waals surface area contributed by atoms with Crippen LogP contribution in [0.25, 0.3) is 21.5 Å². The molecule has 4 rings (SSSR count). The molecule has 0 saturated carbocycles. The number of hydrogen-bond acceptors (Lipinski definition) is 3. The third kappa shape index (κ3) is 11.3. The van der Waals surface area contributed by atoms with Crippen LogP contribution in [0.4, 0.5) is 0 Å². The maximum absolute atomic E-state index is 11.4. The van der Waals surface area contributed by atoms with E-state index in [2.05, 4.69) is 99.7 Å². The molecule has 0 N–H and O–H groups in total. The Bertz CT molecular complexity index is 1500. The summed E-state index contributed by atoms with van der Waals surface area (Å²) in [5.41, 5.74) is 4.25. The summed E-state index contributed by atoms with van der Waals surface area (Å²) in [7, 11) is 14.5. The predicted molar refractivity (Wildman–Crippen MR) is 183 cm³/mol. The average Bonchev–Trinajstić information content (AvgIpc) is 2.89. The zero-order valence-electron chi connectivity index (χ0n) is 27.9. The van der Waals surface area contributed by atoms with E-state index < -0.39 is 7.32 Å². The van der Waals surface area contributed by atoms with E-state index >= 15 is 0 Å². The van der Waals surface area contributed by atoms with Crippen molar-refractivity contribution in [1.29, 1.82) is 0 Å². The van der Waals surface area contributed by atoms with Gasteiger partial charge in [-0.05, 0) is 71.0 Å². The van der Waals surface area contributed by atoms with Crippen molar-refractivity contribution in [2.45, 2.75) is 46.5 Å². The van der Waals surface area contributed by atoms with Crippen LogP contribution in [-0.4, -0.2) is 72.7 Å². The molecular weight excluding hydrogens is 578 g/mol. The summed E-state index contributed by atoms with van der Waals surface area (Å²) in [6, 6.07) is 17.0. The maximum Gasteiger partial charge on any atom is 0.133 e. The van der Waals surface area contributed by atoms with E-state index in [4.69, 9.17) is 27.9 Å². The number of rotatable bonds is 7. The quantitative estimate of drug-likeness (QED) is 0.132. The Morgan fingerprint density at radius 1 is 0.698 bits per heavy atom. The van der Waals surface area contributed by atoms with Crippen LogP contribution in [0.15, 0.2) is 48.5 Å². The van der Waals surface area contributed by atoms with Gasteiger partial charge in [0.25, 0.3) is 0 Å². The van der Waals surface area contributed by atoms with Crippen LogP contribution >= 0.6 is 23.2 Å². The lowest BCUT2D eigenvalue weighted by Crippen LogP contribution is -2.50. The molecule has 8 heteroatoms. The number of halogens is 2. The smallest absolute Gasteiger partial charge is 0.133 e. The summed E-state index contributed by atoms with van der Waals surface area (Å²) in [6.07, 6.45) is 3.67. The summed E-state index contributed by atoms with van der Waals surface area (Å²) >= 11 is 13.1. The van der Waals surface area contributed by atoms with Gasteiger partial charge in [-0.1, -0.05) is 79.0 Å². The van der Waals surface area contributed by atoms with E-state index in [9.17, 15) is 10.0 Å². The molecule has 0 aliphatic rings.